The summed E-state index contributed by atoms with van der Waals surface area (Å²) in [6, 6.07) is 16.1. The summed E-state index contributed by atoms with van der Waals surface area (Å²) in [6.45, 7) is 8.85. The lowest BCUT2D eigenvalue weighted by atomic mass is 9.58. The Bertz CT molecular complexity index is 1490. The molecule has 0 radical (unpaired) electrons. The van der Waals surface area contributed by atoms with Crippen LogP contribution in [0.1, 0.15) is 103 Å². The predicted molar refractivity (Wildman–Crippen MR) is 168 cm³/mol. The van der Waals surface area contributed by atoms with Gasteiger partial charge in [0, 0.05) is 23.6 Å². The fraction of sp³-hybridized carbons (Fsp3) is 0.583. The summed E-state index contributed by atoms with van der Waals surface area (Å²) in [5.41, 5.74) is 0.150. The summed E-state index contributed by atoms with van der Waals surface area (Å²) in [7, 11) is 0. The van der Waals surface area contributed by atoms with Crippen molar-refractivity contribution in [3.05, 3.63) is 65.8 Å². The minimum Gasteiger partial charge on any atom is -0.390 e. The molecule has 3 unspecified atom stereocenters. The number of anilines is 1. The average molecular weight is 604 g/mol. The second kappa shape index (κ2) is 11.1. The number of alkyl halides is 1. The number of halogens is 1. The number of rotatable bonds is 8. The van der Waals surface area contributed by atoms with E-state index < -0.39 is 16.9 Å². The Morgan fingerprint density at radius 2 is 1.77 bits per heavy atom. The van der Waals surface area contributed by atoms with Gasteiger partial charge >= 0.3 is 0 Å². The van der Waals surface area contributed by atoms with Gasteiger partial charge in [-0.1, -0.05) is 54.4 Å². The lowest BCUT2D eigenvalue weighted by Gasteiger charge is -2.49. The molecule has 236 valence electrons. The van der Waals surface area contributed by atoms with Crippen LogP contribution in [-0.4, -0.2) is 38.4 Å². The van der Waals surface area contributed by atoms with Crippen molar-refractivity contribution < 1.29 is 23.9 Å². The van der Waals surface area contributed by atoms with E-state index in [-0.39, 0.29) is 23.1 Å². The highest BCUT2D eigenvalue weighted by molar-refractivity contribution is 5.96. The number of hydrogen-bond donors (Lipinski definition) is 2. The number of carbonyl (C=O) groups is 1. The fourth-order valence-corrected chi connectivity index (χ4v) is 7.85. The molecule has 3 fully saturated rings. The van der Waals surface area contributed by atoms with E-state index in [1.807, 2.05) is 47.4 Å². The molecule has 0 saturated heterocycles. The molecule has 6 rings (SSSR count). The minimum atomic E-state index is -1.67. The molecule has 2 N–H and O–H groups in total. The molecule has 0 aliphatic heterocycles. The van der Waals surface area contributed by atoms with Crippen molar-refractivity contribution in [3.63, 3.8) is 0 Å². The molecule has 8 heteroatoms. The van der Waals surface area contributed by atoms with Crippen LogP contribution in [0.4, 0.5) is 10.1 Å². The first-order chi connectivity index (χ1) is 20.6. The highest BCUT2D eigenvalue weighted by Gasteiger charge is 2.49. The zero-order valence-electron chi connectivity index (χ0n) is 26.6. The molecule has 2 bridgehead atoms. The van der Waals surface area contributed by atoms with Crippen molar-refractivity contribution in [1.82, 2.24) is 10.1 Å². The van der Waals surface area contributed by atoms with Crippen LogP contribution in [0, 0.1) is 17.8 Å². The van der Waals surface area contributed by atoms with E-state index in [0.717, 1.165) is 60.9 Å². The number of nitrogens with zero attached hydrogens (tertiary/aromatic N) is 3. The largest absolute Gasteiger partial charge is 0.390 e. The van der Waals surface area contributed by atoms with Crippen LogP contribution in [0.5, 0.6) is 0 Å². The normalized spacial score (nSPS) is 28.8. The van der Waals surface area contributed by atoms with Gasteiger partial charge in [-0.15, -0.1) is 0 Å². The van der Waals surface area contributed by atoms with E-state index in [1.165, 1.54) is 13.8 Å². The van der Waals surface area contributed by atoms with Gasteiger partial charge in [0.1, 0.15) is 0 Å². The zero-order chi connectivity index (χ0) is 31.5. The summed E-state index contributed by atoms with van der Waals surface area (Å²) in [5.74, 6) is 1.26. The van der Waals surface area contributed by atoms with E-state index >= 15 is 0 Å². The predicted octanol–water partition coefficient (Wildman–Crippen LogP) is 7.20. The van der Waals surface area contributed by atoms with Crippen molar-refractivity contribution in [3.8, 4) is 11.1 Å². The molecule has 1 heterocycles. The maximum Gasteiger partial charge on any atom is 0.263 e. The van der Waals surface area contributed by atoms with E-state index in [9.17, 15) is 19.4 Å². The SMILES string of the molecule is CC1(O)CC(C(=O)N(CC2CCC3(c4noc(C(C)(C)F)n4)CCCC2C3)c2cccc(-c3ccc(C(C)(C)O)cc3)c2)C1. The van der Waals surface area contributed by atoms with E-state index in [1.54, 1.807) is 20.8 Å². The third-order valence-corrected chi connectivity index (χ3v) is 10.4. The first kappa shape index (κ1) is 30.9. The Morgan fingerprint density at radius 3 is 2.41 bits per heavy atom. The van der Waals surface area contributed by atoms with Crippen molar-refractivity contribution >= 4 is 11.6 Å². The van der Waals surface area contributed by atoms with Crippen molar-refractivity contribution in [2.75, 3.05) is 11.4 Å². The molecule has 3 aliphatic carbocycles. The molecular weight excluding hydrogens is 557 g/mol. The van der Waals surface area contributed by atoms with Gasteiger partial charge in [0.2, 0.25) is 5.91 Å². The molecule has 3 aromatic rings. The average Bonchev–Trinajstić information content (AvgIpc) is 3.48. The van der Waals surface area contributed by atoms with Crippen LogP contribution in [0.3, 0.4) is 0 Å². The molecule has 2 aromatic carbocycles. The topological polar surface area (TPSA) is 99.7 Å². The number of carbonyl (C=O) groups excluding carboxylic acids is 1. The zero-order valence-corrected chi connectivity index (χ0v) is 26.6. The third kappa shape index (κ3) is 6.08. The first-order valence-electron chi connectivity index (χ1n) is 16.1. The minimum absolute atomic E-state index is 0.0360. The van der Waals surface area contributed by atoms with Crippen LogP contribution < -0.4 is 4.90 Å². The number of fused-ring (bicyclic) bond motifs is 2. The van der Waals surface area contributed by atoms with Gasteiger partial charge in [-0.2, -0.15) is 4.98 Å². The van der Waals surface area contributed by atoms with Crippen molar-refractivity contribution in [2.24, 2.45) is 17.8 Å². The fourth-order valence-electron chi connectivity index (χ4n) is 7.85. The number of benzene rings is 2. The van der Waals surface area contributed by atoms with Gasteiger partial charge in [-0.3, -0.25) is 4.79 Å². The molecule has 3 aliphatic rings. The van der Waals surface area contributed by atoms with Crippen LogP contribution in [0.15, 0.2) is 53.1 Å². The molecule has 0 spiro atoms. The Labute approximate surface area is 259 Å². The maximum atomic E-state index is 14.6. The molecular formula is C36H46FN3O4. The summed E-state index contributed by atoms with van der Waals surface area (Å²) in [6.07, 6.45) is 6.77. The van der Waals surface area contributed by atoms with Crippen molar-refractivity contribution in [2.45, 2.75) is 108 Å². The molecule has 3 atom stereocenters. The molecule has 3 saturated carbocycles. The van der Waals surface area contributed by atoms with Gasteiger partial charge in [0.15, 0.2) is 11.5 Å². The highest BCUT2D eigenvalue weighted by Crippen LogP contribution is 2.52. The summed E-state index contributed by atoms with van der Waals surface area (Å²) >= 11 is 0. The Balaban J connectivity index is 1.26. The number of amides is 1. The Hall–Kier alpha value is -3.10. The monoisotopic (exact) mass is 603 g/mol. The van der Waals surface area contributed by atoms with Gasteiger partial charge < -0.3 is 19.6 Å². The second-order valence-corrected chi connectivity index (χ2v) is 15.1. The molecule has 1 aromatic heterocycles. The Morgan fingerprint density at radius 1 is 1.05 bits per heavy atom. The summed E-state index contributed by atoms with van der Waals surface area (Å²) in [5, 5.41) is 25.1. The lowest BCUT2D eigenvalue weighted by Crippen LogP contribution is -2.52. The van der Waals surface area contributed by atoms with Gasteiger partial charge in [-0.05, 0) is 114 Å². The number of aliphatic hydroxyl groups is 2. The third-order valence-electron chi connectivity index (χ3n) is 10.4. The van der Waals surface area contributed by atoms with E-state index in [4.69, 9.17) is 4.52 Å². The number of hydrogen-bond acceptors (Lipinski definition) is 6. The van der Waals surface area contributed by atoms with Crippen LogP contribution in [-0.2, 0) is 21.5 Å². The first-order valence-corrected chi connectivity index (χ1v) is 16.1. The summed E-state index contributed by atoms with van der Waals surface area (Å²) in [4.78, 5) is 20.6. The van der Waals surface area contributed by atoms with Gasteiger partial charge in [-0.25, -0.2) is 4.39 Å². The van der Waals surface area contributed by atoms with Gasteiger partial charge in [0.05, 0.1) is 11.2 Å². The number of aromatic nitrogens is 2. The smallest absolute Gasteiger partial charge is 0.263 e. The van der Waals surface area contributed by atoms with Crippen molar-refractivity contribution in [1.29, 1.82) is 0 Å². The maximum absolute atomic E-state index is 14.6. The molecule has 44 heavy (non-hydrogen) atoms. The standard InChI is InChI=1S/C36H46FN3O4/c1-33(2,37)32-38-31(39-44-32)36-16-7-9-25(21-36)26(15-17-36)22-40(30(41)27-19-35(5,43)20-27)29-10-6-8-24(18-29)23-11-13-28(14-12-23)34(3,4)42/h6,8,10-14,18,25-27,42-43H,7,9,15-17,19-22H2,1-5H3. The van der Waals surface area contributed by atoms with Gasteiger partial charge in [0.25, 0.3) is 5.89 Å². The molecule has 1 amide bonds. The van der Waals surface area contributed by atoms with Crippen LogP contribution in [0.25, 0.3) is 11.1 Å². The van der Waals surface area contributed by atoms with Crippen LogP contribution >= 0.6 is 0 Å². The highest BCUT2D eigenvalue weighted by atomic mass is 19.1. The lowest BCUT2D eigenvalue weighted by molar-refractivity contribution is -0.136. The molecule has 7 nitrogen and oxygen atoms in total. The Kier molecular flexibility index (Phi) is 7.77. The second-order valence-electron chi connectivity index (χ2n) is 15.1. The summed E-state index contributed by atoms with van der Waals surface area (Å²) < 4.78 is 19.9. The quantitative estimate of drug-likeness (QED) is 0.283. The van der Waals surface area contributed by atoms with E-state index in [0.29, 0.717) is 37.0 Å². The van der Waals surface area contributed by atoms with Crippen LogP contribution in [0.2, 0.25) is 0 Å². The van der Waals surface area contributed by atoms with E-state index in [2.05, 4.69) is 16.2 Å².